The molecule has 0 aliphatic carbocycles. The van der Waals surface area contributed by atoms with Crippen LogP contribution in [-0.4, -0.2) is 22.7 Å². The molecule has 3 nitrogen and oxygen atoms in total. The first-order chi connectivity index (χ1) is 8.16. The molecule has 17 heavy (non-hydrogen) atoms. The highest BCUT2D eigenvalue weighted by Crippen LogP contribution is 2.25. The molecule has 0 aliphatic rings. The Hall–Kier alpha value is -1.65. The second-order valence-corrected chi connectivity index (χ2v) is 4.81. The minimum Gasteiger partial charge on any atom is -0.286 e. The first-order valence-corrected chi connectivity index (χ1v) is 6.10. The van der Waals surface area contributed by atoms with Crippen LogP contribution in [0.1, 0.15) is 11.8 Å². The molecule has 1 aromatic carbocycles. The third-order valence-corrected chi connectivity index (χ3v) is 3.45. The lowest BCUT2D eigenvalue weighted by molar-refractivity contribution is -0.160. The van der Waals surface area contributed by atoms with Gasteiger partial charge in [-0.1, -0.05) is 24.3 Å². The van der Waals surface area contributed by atoms with Crippen molar-refractivity contribution < 1.29 is 10.0 Å². The molecule has 1 N–H and O–H groups in total. The van der Waals surface area contributed by atoms with Crippen molar-refractivity contribution in [3.63, 3.8) is 0 Å². The lowest BCUT2D eigenvalue weighted by Gasteiger charge is -2.07. The van der Waals surface area contributed by atoms with Crippen molar-refractivity contribution in [1.29, 1.82) is 0 Å². The van der Waals surface area contributed by atoms with Crippen molar-refractivity contribution in [1.82, 2.24) is 5.06 Å². The van der Waals surface area contributed by atoms with Gasteiger partial charge in [-0.15, -0.1) is 11.3 Å². The Bertz CT molecular complexity index is 526. The molecule has 0 spiro atoms. The summed E-state index contributed by atoms with van der Waals surface area (Å²) in [5, 5.41) is 11.1. The predicted octanol–water partition coefficient (Wildman–Crippen LogP) is 3.15. The molecule has 0 radical (unpaired) electrons. The summed E-state index contributed by atoms with van der Waals surface area (Å²) in [6.07, 6.45) is 3.68. The fraction of sp³-hybridized carbons (Fsp3) is 0.154. The van der Waals surface area contributed by atoms with Gasteiger partial charge in [0.2, 0.25) is 5.91 Å². The monoisotopic (exact) mass is 247 g/mol. The molecule has 1 amide bonds. The maximum atomic E-state index is 10.8. The van der Waals surface area contributed by atoms with E-state index >= 15 is 0 Å². The van der Waals surface area contributed by atoms with Crippen molar-refractivity contribution in [2.24, 2.45) is 0 Å². The van der Waals surface area contributed by atoms with Crippen molar-refractivity contribution in [2.45, 2.75) is 6.92 Å². The summed E-state index contributed by atoms with van der Waals surface area (Å²) in [6.45, 7) is 1.54. The normalized spacial score (nSPS) is 11.2. The third-order valence-electron chi connectivity index (χ3n) is 2.37. The van der Waals surface area contributed by atoms with Gasteiger partial charge in [0.15, 0.2) is 0 Å². The first-order valence-electron chi connectivity index (χ1n) is 5.29. The highest BCUT2D eigenvalue weighted by atomic mass is 32.1. The average Bonchev–Trinajstić information content (AvgIpc) is 2.71. The number of hydroxylamine groups is 2. The molecule has 0 unspecified atom stereocenters. The molecule has 88 valence electrons. The van der Waals surface area contributed by atoms with E-state index in [9.17, 15) is 10.0 Å². The maximum absolute atomic E-state index is 10.8. The van der Waals surface area contributed by atoms with Crippen molar-refractivity contribution >= 4 is 33.4 Å². The topological polar surface area (TPSA) is 40.5 Å². The minimum atomic E-state index is -0.356. The summed E-state index contributed by atoms with van der Waals surface area (Å²) in [5.74, 6) is -0.356. The highest BCUT2D eigenvalue weighted by Gasteiger charge is 2.01. The number of amides is 1. The second kappa shape index (κ2) is 5.12. The Morgan fingerprint density at radius 2 is 2.24 bits per heavy atom. The SMILES string of the molecule is CC(=O)N(O)CC=Cc1cc2ccccc2s1. The zero-order chi connectivity index (χ0) is 12.3. The van der Waals surface area contributed by atoms with Crippen molar-refractivity contribution in [2.75, 3.05) is 6.54 Å². The molecular formula is C13H13NO2S. The molecule has 0 fully saturated rings. The molecule has 2 rings (SSSR count). The largest absolute Gasteiger partial charge is 0.286 e. The molecule has 0 atom stereocenters. The van der Waals surface area contributed by atoms with Gasteiger partial charge in [-0.3, -0.25) is 10.0 Å². The Labute approximate surface area is 104 Å². The fourth-order valence-corrected chi connectivity index (χ4v) is 2.48. The number of carbonyl (C=O) groups excluding carboxylic acids is 1. The van der Waals surface area contributed by atoms with Crippen LogP contribution in [0, 0.1) is 0 Å². The molecule has 1 aromatic heterocycles. The van der Waals surface area contributed by atoms with Crippen LogP contribution >= 0.6 is 11.3 Å². The fourth-order valence-electron chi connectivity index (χ4n) is 1.48. The zero-order valence-corrected chi connectivity index (χ0v) is 10.3. The van der Waals surface area contributed by atoms with Gasteiger partial charge in [0.05, 0.1) is 6.54 Å². The Balaban J connectivity index is 2.08. The van der Waals surface area contributed by atoms with Gasteiger partial charge >= 0.3 is 0 Å². The standard InChI is InChI=1S/C13H13NO2S/c1-10(15)14(16)8-4-6-12-9-11-5-2-3-7-13(11)17-12/h2-7,9,16H,8H2,1H3. The van der Waals surface area contributed by atoms with Crippen LogP contribution in [0.15, 0.2) is 36.4 Å². The van der Waals surface area contributed by atoms with Crippen LogP contribution in [0.3, 0.4) is 0 Å². The van der Waals surface area contributed by atoms with E-state index in [0.29, 0.717) is 5.06 Å². The first kappa shape index (κ1) is 11.8. The van der Waals surface area contributed by atoms with Gasteiger partial charge < -0.3 is 0 Å². The van der Waals surface area contributed by atoms with Crippen molar-refractivity contribution in [3.8, 4) is 0 Å². The van der Waals surface area contributed by atoms with E-state index in [1.54, 1.807) is 17.4 Å². The summed E-state index contributed by atoms with van der Waals surface area (Å²) < 4.78 is 1.24. The van der Waals surface area contributed by atoms with Crippen LogP contribution in [-0.2, 0) is 4.79 Å². The maximum Gasteiger partial charge on any atom is 0.243 e. The van der Waals surface area contributed by atoms with Crippen molar-refractivity contribution in [3.05, 3.63) is 41.3 Å². The average molecular weight is 247 g/mol. The van der Waals surface area contributed by atoms with E-state index in [1.165, 1.54) is 17.0 Å². The van der Waals surface area contributed by atoms with Gasteiger partial charge in [0, 0.05) is 16.5 Å². The lowest BCUT2D eigenvalue weighted by Crippen LogP contribution is -2.24. The van der Waals surface area contributed by atoms with Crippen LogP contribution < -0.4 is 0 Å². The molecule has 0 aliphatic heterocycles. The summed E-state index contributed by atoms with van der Waals surface area (Å²) in [7, 11) is 0. The van der Waals surface area contributed by atoms with Crippen LogP contribution in [0.2, 0.25) is 0 Å². The van der Waals surface area contributed by atoms with Crippen LogP contribution in [0.5, 0.6) is 0 Å². The molecule has 0 bridgehead atoms. The number of fused-ring (bicyclic) bond motifs is 1. The molecule has 0 saturated heterocycles. The van der Waals surface area contributed by atoms with E-state index in [4.69, 9.17) is 0 Å². The number of nitrogens with zero attached hydrogens (tertiary/aromatic N) is 1. The number of thiophene rings is 1. The van der Waals surface area contributed by atoms with Gasteiger partial charge in [-0.2, -0.15) is 0 Å². The van der Waals surface area contributed by atoms with Gasteiger partial charge in [-0.05, 0) is 23.6 Å². The molecule has 1 heterocycles. The number of hydrogen-bond acceptors (Lipinski definition) is 3. The summed E-state index contributed by atoms with van der Waals surface area (Å²) in [4.78, 5) is 11.9. The molecule has 0 saturated carbocycles. The lowest BCUT2D eigenvalue weighted by atomic mass is 10.2. The highest BCUT2D eigenvalue weighted by molar-refractivity contribution is 7.19. The summed E-state index contributed by atoms with van der Waals surface area (Å²) in [5.41, 5.74) is 0. The molecular weight excluding hydrogens is 234 g/mol. The number of rotatable bonds is 3. The molecule has 4 heteroatoms. The summed E-state index contributed by atoms with van der Waals surface area (Å²) >= 11 is 1.69. The van der Waals surface area contributed by atoms with Gasteiger partial charge in [0.1, 0.15) is 0 Å². The van der Waals surface area contributed by atoms with Crippen LogP contribution in [0.25, 0.3) is 16.2 Å². The predicted molar refractivity (Wildman–Crippen MR) is 70.0 cm³/mol. The van der Waals surface area contributed by atoms with E-state index in [2.05, 4.69) is 18.2 Å². The Morgan fingerprint density at radius 1 is 1.47 bits per heavy atom. The number of benzene rings is 1. The second-order valence-electron chi connectivity index (χ2n) is 3.69. The number of carbonyl (C=O) groups is 1. The summed E-state index contributed by atoms with van der Waals surface area (Å²) in [6, 6.07) is 10.2. The zero-order valence-electron chi connectivity index (χ0n) is 9.46. The van der Waals surface area contributed by atoms with Gasteiger partial charge in [-0.25, -0.2) is 5.06 Å². The van der Waals surface area contributed by atoms with Gasteiger partial charge in [0.25, 0.3) is 0 Å². The smallest absolute Gasteiger partial charge is 0.243 e. The quantitative estimate of drug-likeness (QED) is 0.668. The third kappa shape index (κ3) is 2.93. The van der Waals surface area contributed by atoms with E-state index < -0.39 is 0 Å². The van der Waals surface area contributed by atoms with E-state index in [0.717, 1.165) is 4.88 Å². The Morgan fingerprint density at radius 3 is 2.94 bits per heavy atom. The molecule has 2 aromatic rings. The number of hydrogen-bond donors (Lipinski definition) is 1. The van der Waals surface area contributed by atoms with E-state index in [1.807, 2.05) is 18.2 Å². The minimum absolute atomic E-state index is 0.212. The Kier molecular flexibility index (Phi) is 3.56. The van der Waals surface area contributed by atoms with Crippen LogP contribution in [0.4, 0.5) is 0 Å². The van der Waals surface area contributed by atoms with E-state index in [-0.39, 0.29) is 12.5 Å².